The van der Waals surface area contributed by atoms with Crippen LogP contribution in [-0.2, 0) is 14.8 Å². The van der Waals surface area contributed by atoms with E-state index in [0.29, 0.717) is 18.9 Å². The van der Waals surface area contributed by atoms with Crippen molar-refractivity contribution in [1.82, 2.24) is 0 Å². The van der Waals surface area contributed by atoms with Gasteiger partial charge in [-0.05, 0) is 66.7 Å². The monoisotopic (exact) mass is 489 g/mol. The lowest BCUT2D eigenvalue weighted by atomic mass is 10.2. The summed E-state index contributed by atoms with van der Waals surface area (Å²) in [6.45, 7) is 2.99. The fraction of sp³-hybridized carbons (Fsp3) is 0.174. The lowest BCUT2D eigenvalue weighted by Gasteiger charge is -2.28. The number of amides is 1. The first-order valence-electron chi connectivity index (χ1n) is 10.1. The minimum absolute atomic E-state index is 0.0382. The second-order valence-electron chi connectivity index (χ2n) is 7.35. The number of nitrogens with zero attached hydrogens (tertiary/aromatic N) is 1. The molecule has 0 spiro atoms. The number of morpholine rings is 1. The van der Waals surface area contributed by atoms with Crippen molar-refractivity contribution >= 4 is 44.6 Å². The molecule has 0 bridgehead atoms. The number of nitrogens with one attached hydrogen (secondary N) is 2. The average Bonchev–Trinajstić information content (AvgIpc) is 2.81. The number of hydrogen-bond donors (Lipinski definition) is 2. The second kappa shape index (κ2) is 9.78. The van der Waals surface area contributed by atoms with Gasteiger partial charge in [0.15, 0.2) is 0 Å². The topological polar surface area (TPSA) is 87.7 Å². The zero-order valence-electron chi connectivity index (χ0n) is 17.4. The van der Waals surface area contributed by atoms with Crippen molar-refractivity contribution in [3.05, 3.63) is 83.1 Å². The molecule has 3 aromatic carbocycles. The highest BCUT2D eigenvalue weighted by Crippen LogP contribution is 2.27. The number of rotatable bonds is 6. The summed E-state index contributed by atoms with van der Waals surface area (Å²) in [4.78, 5) is 14.8. The molecule has 4 rings (SSSR count). The third kappa shape index (κ3) is 5.62. The van der Waals surface area contributed by atoms with Crippen molar-refractivity contribution in [3.63, 3.8) is 0 Å². The molecule has 0 radical (unpaired) electrons. The van der Waals surface area contributed by atoms with Gasteiger partial charge < -0.3 is 15.0 Å². The molecule has 0 aliphatic carbocycles. The highest BCUT2D eigenvalue weighted by molar-refractivity contribution is 7.92. The molecule has 1 saturated heterocycles. The van der Waals surface area contributed by atoms with Crippen LogP contribution in [0, 0.1) is 5.82 Å². The van der Waals surface area contributed by atoms with E-state index in [2.05, 4.69) is 14.9 Å². The summed E-state index contributed by atoms with van der Waals surface area (Å²) in [5.74, 6) is -0.975. The lowest BCUT2D eigenvalue weighted by Crippen LogP contribution is -2.36. The predicted molar refractivity (Wildman–Crippen MR) is 126 cm³/mol. The molecular weight excluding hydrogens is 469 g/mol. The van der Waals surface area contributed by atoms with Gasteiger partial charge in [-0.25, -0.2) is 12.8 Å². The van der Waals surface area contributed by atoms with E-state index in [4.69, 9.17) is 16.3 Å². The number of carbonyl (C=O) groups excluding carboxylic acids is 1. The van der Waals surface area contributed by atoms with Gasteiger partial charge in [0.2, 0.25) is 0 Å². The molecule has 0 atom stereocenters. The third-order valence-corrected chi connectivity index (χ3v) is 6.81. The standard InChI is InChI=1S/C23H21ClFN3O4S/c24-21-10-1-16(15-22(21)27-33(30,31)20-8-2-17(25)3-9-20)23(29)26-18-4-6-19(7-5-18)28-11-13-32-14-12-28/h1-10,15,27H,11-14H2,(H,26,29). The quantitative estimate of drug-likeness (QED) is 0.537. The summed E-state index contributed by atoms with van der Waals surface area (Å²) in [5.41, 5.74) is 1.89. The number of halogens is 2. The van der Waals surface area contributed by atoms with Crippen molar-refractivity contribution in [2.75, 3.05) is 41.2 Å². The van der Waals surface area contributed by atoms with Crippen molar-refractivity contribution < 1.29 is 22.3 Å². The maximum Gasteiger partial charge on any atom is 0.261 e. The largest absolute Gasteiger partial charge is 0.378 e. The van der Waals surface area contributed by atoms with Crippen LogP contribution in [-0.4, -0.2) is 40.6 Å². The van der Waals surface area contributed by atoms with Gasteiger partial charge in [0.1, 0.15) is 5.82 Å². The number of hydrogen-bond acceptors (Lipinski definition) is 5. The van der Waals surface area contributed by atoms with Gasteiger partial charge in [-0.3, -0.25) is 9.52 Å². The first kappa shape index (κ1) is 23.0. The molecule has 1 aliphatic heterocycles. The van der Waals surface area contributed by atoms with Crippen molar-refractivity contribution in [2.45, 2.75) is 4.90 Å². The SMILES string of the molecule is O=C(Nc1ccc(N2CCOCC2)cc1)c1ccc(Cl)c(NS(=O)(=O)c2ccc(F)cc2)c1. The van der Waals surface area contributed by atoms with Gasteiger partial charge in [-0.1, -0.05) is 11.6 Å². The lowest BCUT2D eigenvalue weighted by molar-refractivity contribution is 0.102. The van der Waals surface area contributed by atoms with Crippen LogP contribution in [0.3, 0.4) is 0 Å². The first-order chi connectivity index (χ1) is 15.8. The van der Waals surface area contributed by atoms with E-state index in [-0.39, 0.29) is 21.2 Å². The van der Waals surface area contributed by atoms with Crippen molar-refractivity contribution in [1.29, 1.82) is 0 Å². The minimum Gasteiger partial charge on any atom is -0.378 e. The summed E-state index contributed by atoms with van der Waals surface area (Å²) < 4.78 is 46.0. The molecule has 0 unspecified atom stereocenters. The predicted octanol–water partition coefficient (Wildman–Crippen LogP) is 4.37. The maximum atomic E-state index is 13.1. The molecular formula is C23H21ClFN3O4S. The number of anilines is 3. The van der Waals surface area contributed by atoms with Gasteiger partial charge in [0.05, 0.1) is 28.8 Å². The maximum absolute atomic E-state index is 13.1. The molecule has 1 amide bonds. The smallest absolute Gasteiger partial charge is 0.261 e. The summed E-state index contributed by atoms with van der Waals surface area (Å²) in [6.07, 6.45) is 0. The Balaban J connectivity index is 1.47. The van der Waals surface area contributed by atoms with Gasteiger partial charge in [-0.15, -0.1) is 0 Å². The van der Waals surface area contributed by atoms with Crippen LogP contribution in [0.1, 0.15) is 10.4 Å². The Hall–Kier alpha value is -3.14. The molecule has 172 valence electrons. The summed E-state index contributed by atoms with van der Waals surface area (Å²) in [6, 6.07) is 16.1. The highest BCUT2D eigenvalue weighted by atomic mass is 35.5. The molecule has 10 heteroatoms. The molecule has 7 nitrogen and oxygen atoms in total. The zero-order chi connectivity index (χ0) is 23.4. The van der Waals surface area contributed by atoms with Crippen LogP contribution >= 0.6 is 11.6 Å². The van der Waals surface area contributed by atoms with Gasteiger partial charge in [0.25, 0.3) is 15.9 Å². The number of carbonyl (C=O) groups is 1. The number of benzene rings is 3. The third-order valence-electron chi connectivity index (χ3n) is 5.10. The van der Waals surface area contributed by atoms with Crippen molar-refractivity contribution in [3.8, 4) is 0 Å². The fourth-order valence-electron chi connectivity index (χ4n) is 3.34. The zero-order valence-corrected chi connectivity index (χ0v) is 19.0. The Kier molecular flexibility index (Phi) is 6.83. The van der Waals surface area contributed by atoms with Crippen LogP contribution in [0.15, 0.2) is 71.6 Å². The second-order valence-corrected chi connectivity index (χ2v) is 9.44. The molecule has 3 aromatic rings. The Bertz CT molecular complexity index is 1250. The fourth-order valence-corrected chi connectivity index (χ4v) is 4.63. The van der Waals surface area contributed by atoms with E-state index in [1.54, 1.807) is 12.1 Å². The Morgan fingerprint density at radius 2 is 1.64 bits per heavy atom. The van der Waals surface area contributed by atoms with E-state index in [1.807, 2.05) is 12.1 Å². The van der Waals surface area contributed by atoms with E-state index < -0.39 is 21.7 Å². The molecule has 2 N–H and O–H groups in total. The summed E-state index contributed by atoms with van der Waals surface area (Å²) >= 11 is 6.14. The van der Waals surface area contributed by atoms with Crippen LogP contribution in [0.2, 0.25) is 5.02 Å². The Morgan fingerprint density at radius 3 is 2.30 bits per heavy atom. The molecule has 33 heavy (non-hydrogen) atoms. The van der Waals surface area contributed by atoms with Gasteiger partial charge in [-0.2, -0.15) is 0 Å². The van der Waals surface area contributed by atoms with E-state index in [0.717, 1.165) is 43.0 Å². The molecule has 1 heterocycles. The Morgan fingerprint density at radius 1 is 0.970 bits per heavy atom. The normalized spacial score (nSPS) is 14.1. The van der Waals surface area contributed by atoms with E-state index >= 15 is 0 Å². The first-order valence-corrected chi connectivity index (χ1v) is 12.0. The number of ether oxygens (including phenoxy) is 1. The van der Waals surface area contributed by atoms with Crippen LogP contribution < -0.4 is 14.9 Å². The highest BCUT2D eigenvalue weighted by Gasteiger charge is 2.18. The molecule has 1 fully saturated rings. The van der Waals surface area contributed by atoms with Crippen molar-refractivity contribution in [2.24, 2.45) is 0 Å². The van der Waals surface area contributed by atoms with E-state index in [1.165, 1.54) is 18.2 Å². The molecule has 1 aliphatic rings. The van der Waals surface area contributed by atoms with E-state index in [9.17, 15) is 17.6 Å². The summed E-state index contributed by atoms with van der Waals surface area (Å²) in [5, 5.41) is 2.91. The minimum atomic E-state index is -4.02. The summed E-state index contributed by atoms with van der Waals surface area (Å²) in [7, 11) is -4.02. The van der Waals surface area contributed by atoms with Crippen LogP contribution in [0.25, 0.3) is 0 Å². The van der Waals surface area contributed by atoms with Crippen LogP contribution in [0.5, 0.6) is 0 Å². The number of sulfonamides is 1. The van der Waals surface area contributed by atoms with Gasteiger partial charge >= 0.3 is 0 Å². The molecule has 0 aromatic heterocycles. The Labute approximate surface area is 196 Å². The van der Waals surface area contributed by atoms with Crippen LogP contribution in [0.4, 0.5) is 21.5 Å². The van der Waals surface area contributed by atoms with Gasteiger partial charge in [0, 0.05) is 30.0 Å². The molecule has 0 saturated carbocycles. The average molecular weight is 490 g/mol.